The number of carbonyl (C=O) groups excluding carboxylic acids is 1. The Morgan fingerprint density at radius 3 is 1.12 bits per heavy atom. The van der Waals surface area contributed by atoms with Crippen molar-refractivity contribution in [2.24, 2.45) is 33.5 Å². The number of nitrogens with one attached hydrogen (secondary N) is 1. The summed E-state index contributed by atoms with van der Waals surface area (Å²) in [6.45, 7) is 42.2. The standard InChI is InChI=1S/C8H15NO.C8H16O.2C7H14O.C7H14S.C7H14.6CH4/c1-8(2,3)7(10)9-6-4-5-6;1-8(2,3)6-9-7-4-5-7;1-7(2,3)6-4-8-5-6;2*1-7(2,3)8-6-4-5-6;1-7(2,3)6-4-5-6;;;;;;/h6H,4-5H2,1-3H3,(H,9,10);7H,4-6H2,1-3H3;3*6H,4-5H2,1-3H3;6H,4-5H2,1-3H3;6*1H4. The normalized spacial score (nSPS) is 18.8. The first-order valence-electron chi connectivity index (χ1n) is 20.3. The van der Waals surface area contributed by atoms with Crippen molar-refractivity contribution in [3.8, 4) is 0 Å². The van der Waals surface area contributed by atoms with Gasteiger partial charge in [0.2, 0.25) is 5.91 Å². The fourth-order valence-electron chi connectivity index (χ4n) is 4.29. The summed E-state index contributed by atoms with van der Waals surface area (Å²) in [7, 11) is 0. The van der Waals surface area contributed by atoms with Crippen molar-refractivity contribution in [3.63, 3.8) is 0 Å². The van der Waals surface area contributed by atoms with Crippen LogP contribution in [0.25, 0.3) is 0 Å². The fourth-order valence-corrected chi connectivity index (χ4v) is 5.66. The van der Waals surface area contributed by atoms with Crippen LogP contribution in [0.2, 0.25) is 0 Å². The number of hydrogen-bond acceptors (Lipinski definition) is 5. The maximum Gasteiger partial charge on any atom is 0.225 e. The van der Waals surface area contributed by atoms with Crippen LogP contribution < -0.4 is 5.32 Å². The Kier molecular flexibility index (Phi) is 34.1. The number of carbonyl (C=O) groups is 1. The topological polar surface area (TPSA) is 56.8 Å². The van der Waals surface area contributed by atoms with E-state index in [4.69, 9.17) is 14.2 Å². The third kappa shape index (κ3) is 43.3. The van der Waals surface area contributed by atoms with E-state index >= 15 is 0 Å². The van der Waals surface area contributed by atoms with Crippen LogP contribution in [0.15, 0.2) is 0 Å². The zero-order valence-electron chi connectivity index (χ0n) is 36.7. The highest BCUT2D eigenvalue weighted by Gasteiger charge is 2.34. The number of rotatable bonds is 5. The molecule has 5 nitrogen and oxygen atoms in total. The second-order valence-corrected chi connectivity index (χ2v) is 24.3. The fraction of sp³-hybridized carbons (Fsp3) is 0.980. The van der Waals surface area contributed by atoms with Gasteiger partial charge in [-0.15, -0.1) is 0 Å². The lowest BCUT2D eigenvalue weighted by Crippen LogP contribution is -2.37. The Bertz CT molecular complexity index is 906. The first-order valence-corrected chi connectivity index (χ1v) is 21.2. The molecule has 346 valence electrons. The van der Waals surface area contributed by atoms with E-state index in [0.29, 0.717) is 39.2 Å². The molecule has 6 aliphatic rings. The van der Waals surface area contributed by atoms with Crippen molar-refractivity contribution in [2.75, 3.05) is 19.8 Å². The van der Waals surface area contributed by atoms with Crippen molar-refractivity contribution < 1.29 is 19.0 Å². The highest BCUT2D eigenvalue weighted by Crippen LogP contribution is 2.44. The summed E-state index contributed by atoms with van der Waals surface area (Å²) in [5, 5.41) is 3.96. The predicted molar refractivity (Wildman–Crippen MR) is 260 cm³/mol. The van der Waals surface area contributed by atoms with Crippen molar-refractivity contribution >= 4 is 17.7 Å². The lowest BCUT2D eigenvalue weighted by molar-refractivity contribution is -0.128. The zero-order valence-corrected chi connectivity index (χ0v) is 37.5. The average molecular weight is 823 g/mol. The van der Waals surface area contributed by atoms with Gasteiger partial charge in [-0.1, -0.05) is 148 Å². The maximum absolute atomic E-state index is 11.2. The molecule has 6 fully saturated rings. The maximum atomic E-state index is 11.2. The summed E-state index contributed by atoms with van der Waals surface area (Å²) in [5.74, 6) is 2.03. The number of ether oxygens (including phenoxy) is 3. The summed E-state index contributed by atoms with van der Waals surface area (Å²) in [6.07, 6.45) is 14.5. The third-order valence-corrected chi connectivity index (χ3v) is 10.1. The summed E-state index contributed by atoms with van der Waals surface area (Å²) in [5.41, 5.74) is 1.30. The van der Waals surface area contributed by atoms with Gasteiger partial charge in [0, 0.05) is 27.4 Å². The van der Waals surface area contributed by atoms with Crippen LogP contribution in [-0.2, 0) is 19.0 Å². The van der Waals surface area contributed by atoms with Crippen LogP contribution in [0.1, 0.15) is 233 Å². The first-order chi connectivity index (χ1) is 22.4. The summed E-state index contributed by atoms with van der Waals surface area (Å²) in [4.78, 5) is 11.2. The molecule has 6 heteroatoms. The van der Waals surface area contributed by atoms with Gasteiger partial charge >= 0.3 is 0 Å². The van der Waals surface area contributed by atoms with E-state index in [9.17, 15) is 4.79 Å². The molecule has 5 saturated carbocycles. The number of amides is 1. The highest BCUT2D eigenvalue weighted by molar-refractivity contribution is 8.01. The van der Waals surface area contributed by atoms with Crippen molar-refractivity contribution in [1.82, 2.24) is 5.32 Å². The van der Waals surface area contributed by atoms with E-state index in [1.165, 1.54) is 64.2 Å². The Morgan fingerprint density at radius 1 is 0.571 bits per heavy atom. The predicted octanol–water partition coefficient (Wildman–Crippen LogP) is 16.1. The Balaban J connectivity index is -0.000000131. The van der Waals surface area contributed by atoms with E-state index in [-0.39, 0.29) is 61.5 Å². The van der Waals surface area contributed by atoms with Gasteiger partial charge < -0.3 is 19.5 Å². The molecule has 0 aromatic heterocycles. The minimum absolute atomic E-state index is 0. The monoisotopic (exact) mass is 822 g/mol. The summed E-state index contributed by atoms with van der Waals surface area (Å²) in [6, 6.07) is 0.492. The van der Waals surface area contributed by atoms with Gasteiger partial charge in [0.05, 0.1) is 37.6 Å². The van der Waals surface area contributed by atoms with E-state index in [1.807, 2.05) is 20.8 Å². The van der Waals surface area contributed by atoms with Gasteiger partial charge in [0.1, 0.15) is 0 Å². The van der Waals surface area contributed by atoms with Gasteiger partial charge in [0.15, 0.2) is 0 Å². The average Bonchev–Trinajstić information content (AvgIpc) is 3.64. The number of hydrogen-bond donors (Lipinski definition) is 1. The molecule has 0 aromatic carbocycles. The molecule has 1 aliphatic heterocycles. The van der Waals surface area contributed by atoms with E-state index in [2.05, 4.69) is 121 Å². The van der Waals surface area contributed by atoms with Crippen LogP contribution in [0.3, 0.4) is 0 Å². The molecular formula is C50H111NO4S. The quantitative estimate of drug-likeness (QED) is 0.299. The first kappa shape index (κ1) is 67.5. The minimum atomic E-state index is -0.220. The molecule has 56 heavy (non-hydrogen) atoms. The Morgan fingerprint density at radius 2 is 0.982 bits per heavy atom. The molecule has 0 unspecified atom stereocenters. The van der Waals surface area contributed by atoms with Gasteiger partial charge in [-0.2, -0.15) is 11.8 Å². The molecular weight excluding hydrogens is 711 g/mol. The molecule has 5 aliphatic carbocycles. The third-order valence-electron chi connectivity index (χ3n) is 8.62. The lowest BCUT2D eigenvalue weighted by atomic mass is 9.80. The van der Waals surface area contributed by atoms with Crippen molar-refractivity contribution in [2.45, 2.75) is 267 Å². The molecule has 1 saturated heterocycles. The minimum Gasteiger partial charge on any atom is -0.381 e. The SMILES string of the molecule is C.C.C.C.C.C.CC(C)(C)C(=O)NC1CC1.CC(C)(C)C1CC1.CC(C)(C)C1COC1.CC(C)(C)COC1CC1.CC(C)(C)OC1CC1.CC(C)(C)SC1CC1. The molecule has 0 spiro atoms. The highest BCUT2D eigenvalue weighted by atomic mass is 32.2. The van der Waals surface area contributed by atoms with Gasteiger partial charge in [-0.3, -0.25) is 4.79 Å². The van der Waals surface area contributed by atoms with Crippen LogP contribution in [0.4, 0.5) is 0 Å². The molecule has 1 heterocycles. The molecule has 1 N–H and O–H groups in total. The molecule has 0 aromatic rings. The number of thioether (sulfide) groups is 1. The second-order valence-electron chi connectivity index (χ2n) is 22.2. The van der Waals surface area contributed by atoms with Crippen molar-refractivity contribution in [1.29, 1.82) is 0 Å². The molecule has 0 radical (unpaired) electrons. The summed E-state index contributed by atoms with van der Waals surface area (Å²) >= 11 is 2.12. The molecule has 1 amide bonds. The van der Waals surface area contributed by atoms with E-state index in [1.54, 1.807) is 0 Å². The second kappa shape index (κ2) is 28.3. The largest absolute Gasteiger partial charge is 0.381 e. The molecule has 6 rings (SSSR count). The molecule has 0 bridgehead atoms. The van der Waals surface area contributed by atoms with Crippen LogP contribution in [0.5, 0.6) is 0 Å². The van der Waals surface area contributed by atoms with Gasteiger partial charge in [0.25, 0.3) is 0 Å². The van der Waals surface area contributed by atoms with E-state index in [0.717, 1.165) is 36.9 Å². The molecule has 0 atom stereocenters. The Hall–Kier alpha value is -0.300. The van der Waals surface area contributed by atoms with Gasteiger partial charge in [-0.05, 0) is 107 Å². The van der Waals surface area contributed by atoms with Crippen LogP contribution in [-0.4, -0.2) is 59.6 Å². The lowest BCUT2D eigenvalue weighted by Gasteiger charge is -2.37. The van der Waals surface area contributed by atoms with Crippen LogP contribution in [0, 0.1) is 33.5 Å². The van der Waals surface area contributed by atoms with Crippen LogP contribution >= 0.6 is 11.8 Å². The van der Waals surface area contributed by atoms with E-state index < -0.39 is 0 Å². The van der Waals surface area contributed by atoms with Crippen molar-refractivity contribution in [3.05, 3.63) is 0 Å². The summed E-state index contributed by atoms with van der Waals surface area (Å²) < 4.78 is 16.6. The zero-order chi connectivity index (χ0) is 38.8. The van der Waals surface area contributed by atoms with Gasteiger partial charge in [-0.25, -0.2) is 0 Å². The smallest absolute Gasteiger partial charge is 0.225 e. The Labute approximate surface area is 361 Å².